The van der Waals surface area contributed by atoms with Crippen molar-refractivity contribution in [3.63, 3.8) is 0 Å². The van der Waals surface area contributed by atoms with E-state index in [-0.39, 0.29) is 11.0 Å². The highest BCUT2D eigenvalue weighted by Gasteiger charge is 2.07. The first-order chi connectivity index (χ1) is 6.15. The maximum atomic E-state index is 12.9. The van der Waals surface area contributed by atoms with Crippen molar-refractivity contribution in [3.8, 4) is 0 Å². The summed E-state index contributed by atoms with van der Waals surface area (Å²) in [6.45, 7) is 0.262. The highest BCUT2D eigenvalue weighted by Crippen LogP contribution is 2.20. The first-order valence-electron chi connectivity index (χ1n) is 3.54. The molecule has 0 fully saturated rings. The summed E-state index contributed by atoms with van der Waals surface area (Å²) < 4.78 is 25.7. The predicted molar refractivity (Wildman–Crippen MR) is 47.9 cm³/mol. The van der Waals surface area contributed by atoms with E-state index in [0.717, 1.165) is 0 Å². The standard InChI is InChI=1S/C8H8BrF2NO/c1-13-12-4-5-2-6(10)8(9)7(11)3-5/h2-3,12H,4H2,1H3. The Morgan fingerprint density at radius 3 is 2.38 bits per heavy atom. The summed E-state index contributed by atoms with van der Waals surface area (Å²) in [5.41, 5.74) is 2.98. The van der Waals surface area contributed by atoms with Gasteiger partial charge in [-0.3, -0.25) is 0 Å². The molecular formula is C8H8BrF2NO. The molecule has 0 spiro atoms. The van der Waals surface area contributed by atoms with Crippen LogP contribution >= 0.6 is 15.9 Å². The van der Waals surface area contributed by atoms with Crippen LogP contribution in [0.15, 0.2) is 16.6 Å². The molecule has 2 nitrogen and oxygen atoms in total. The number of halogens is 3. The van der Waals surface area contributed by atoms with E-state index in [1.54, 1.807) is 0 Å². The zero-order valence-corrected chi connectivity index (χ0v) is 8.49. The average molecular weight is 252 g/mol. The van der Waals surface area contributed by atoms with Crippen molar-refractivity contribution in [1.82, 2.24) is 5.48 Å². The molecule has 1 rings (SSSR count). The summed E-state index contributed by atoms with van der Waals surface area (Å²) in [7, 11) is 1.44. The van der Waals surface area contributed by atoms with Crippen LogP contribution in [0.5, 0.6) is 0 Å². The molecule has 0 atom stereocenters. The third-order valence-corrected chi connectivity index (χ3v) is 2.22. The Hall–Kier alpha value is -0.520. The van der Waals surface area contributed by atoms with Crippen molar-refractivity contribution in [2.45, 2.75) is 6.54 Å². The molecule has 72 valence electrons. The summed E-state index contributed by atoms with van der Waals surface area (Å²) in [6, 6.07) is 2.47. The van der Waals surface area contributed by atoms with E-state index in [0.29, 0.717) is 5.56 Å². The van der Waals surface area contributed by atoms with Crippen LogP contribution in [0.3, 0.4) is 0 Å². The van der Waals surface area contributed by atoms with Gasteiger partial charge in [0, 0.05) is 6.54 Å². The van der Waals surface area contributed by atoms with Crippen molar-refractivity contribution < 1.29 is 13.6 Å². The predicted octanol–water partition coefficient (Wildman–Crippen LogP) is 2.38. The molecule has 0 unspecified atom stereocenters. The molecule has 0 heterocycles. The van der Waals surface area contributed by atoms with Crippen LogP contribution < -0.4 is 5.48 Å². The van der Waals surface area contributed by atoms with Crippen LogP contribution in [0.4, 0.5) is 8.78 Å². The van der Waals surface area contributed by atoms with Gasteiger partial charge in [-0.2, -0.15) is 5.48 Å². The lowest BCUT2D eigenvalue weighted by Crippen LogP contribution is -2.11. The summed E-state index contributed by atoms with van der Waals surface area (Å²) in [5.74, 6) is -1.24. The zero-order valence-electron chi connectivity index (χ0n) is 6.90. The highest BCUT2D eigenvalue weighted by molar-refractivity contribution is 9.10. The van der Waals surface area contributed by atoms with Crippen LogP contribution in [0.1, 0.15) is 5.56 Å². The van der Waals surface area contributed by atoms with Gasteiger partial charge in [-0.25, -0.2) is 8.78 Å². The van der Waals surface area contributed by atoms with Crippen LogP contribution in [-0.2, 0) is 11.4 Å². The van der Waals surface area contributed by atoms with E-state index in [4.69, 9.17) is 0 Å². The fourth-order valence-corrected chi connectivity index (χ4v) is 1.09. The van der Waals surface area contributed by atoms with Crippen LogP contribution in [0.2, 0.25) is 0 Å². The summed E-state index contributed by atoms with van der Waals surface area (Å²) in [6.07, 6.45) is 0. The molecule has 5 heteroatoms. The molecule has 1 aromatic carbocycles. The lowest BCUT2D eigenvalue weighted by atomic mass is 10.2. The SMILES string of the molecule is CONCc1cc(F)c(Br)c(F)c1. The maximum absolute atomic E-state index is 12.9. The van der Waals surface area contributed by atoms with Crippen LogP contribution in [0, 0.1) is 11.6 Å². The van der Waals surface area contributed by atoms with E-state index >= 15 is 0 Å². The minimum absolute atomic E-state index is 0.145. The van der Waals surface area contributed by atoms with Gasteiger partial charge in [0.15, 0.2) is 0 Å². The number of nitrogens with one attached hydrogen (secondary N) is 1. The summed E-state index contributed by atoms with van der Waals surface area (Å²) in [5, 5.41) is 0. The van der Waals surface area contributed by atoms with Crippen molar-refractivity contribution in [2.24, 2.45) is 0 Å². The van der Waals surface area contributed by atoms with Crippen molar-refractivity contribution in [3.05, 3.63) is 33.8 Å². The molecular weight excluding hydrogens is 244 g/mol. The van der Waals surface area contributed by atoms with E-state index in [1.807, 2.05) is 0 Å². The van der Waals surface area contributed by atoms with Crippen molar-refractivity contribution in [2.75, 3.05) is 7.11 Å². The third kappa shape index (κ3) is 2.72. The van der Waals surface area contributed by atoms with E-state index in [9.17, 15) is 8.78 Å². The normalized spacial score (nSPS) is 10.5. The quantitative estimate of drug-likeness (QED) is 0.658. The van der Waals surface area contributed by atoms with Gasteiger partial charge in [-0.1, -0.05) is 0 Å². The number of benzene rings is 1. The Balaban J connectivity index is 2.86. The molecule has 0 saturated carbocycles. The van der Waals surface area contributed by atoms with Crippen LogP contribution in [0.25, 0.3) is 0 Å². The minimum Gasteiger partial charge on any atom is -0.305 e. The number of hydrogen-bond donors (Lipinski definition) is 1. The van der Waals surface area contributed by atoms with E-state index in [1.165, 1.54) is 19.2 Å². The summed E-state index contributed by atoms with van der Waals surface area (Å²) >= 11 is 2.78. The van der Waals surface area contributed by atoms with Crippen molar-refractivity contribution >= 4 is 15.9 Å². The number of hydroxylamine groups is 1. The first kappa shape index (κ1) is 10.6. The fourth-order valence-electron chi connectivity index (χ4n) is 0.866. The number of rotatable bonds is 3. The molecule has 13 heavy (non-hydrogen) atoms. The average Bonchev–Trinajstić information content (AvgIpc) is 2.10. The number of hydrogen-bond acceptors (Lipinski definition) is 2. The monoisotopic (exact) mass is 251 g/mol. The fraction of sp³-hybridized carbons (Fsp3) is 0.250. The van der Waals surface area contributed by atoms with Gasteiger partial charge < -0.3 is 4.84 Å². The first-order valence-corrected chi connectivity index (χ1v) is 4.33. The van der Waals surface area contributed by atoms with Gasteiger partial charge in [0.25, 0.3) is 0 Å². The van der Waals surface area contributed by atoms with E-state index < -0.39 is 11.6 Å². The molecule has 0 aliphatic heterocycles. The second-order valence-electron chi connectivity index (χ2n) is 2.40. The Bertz CT molecular complexity index is 283. The smallest absolute Gasteiger partial charge is 0.140 e. The second-order valence-corrected chi connectivity index (χ2v) is 3.19. The Morgan fingerprint density at radius 1 is 1.38 bits per heavy atom. The van der Waals surface area contributed by atoms with Gasteiger partial charge in [0.2, 0.25) is 0 Å². The van der Waals surface area contributed by atoms with Crippen LogP contribution in [-0.4, -0.2) is 7.11 Å². The molecule has 0 aliphatic rings. The van der Waals surface area contributed by atoms with Gasteiger partial charge >= 0.3 is 0 Å². The minimum atomic E-state index is -0.618. The molecule has 0 amide bonds. The Kier molecular flexibility index (Phi) is 3.77. The zero-order chi connectivity index (χ0) is 9.84. The highest BCUT2D eigenvalue weighted by atomic mass is 79.9. The lowest BCUT2D eigenvalue weighted by molar-refractivity contribution is 0.0866. The molecule has 1 N–H and O–H groups in total. The second kappa shape index (κ2) is 4.64. The third-order valence-electron chi connectivity index (χ3n) is 1.46. The Morgan fingerprint density at radius 2 is 1.92 bits per heavy atom. The van der Waals surface area contributed by atoms with Gasteiger partial charge in [0.1, 0.15) is 11.6 Å². The summed E-state index contributed by atoms with van der Waals surface area (Å²) in [4.78, 5) is 4.55. The largest absolute Gasteiger partial charge is 0.305 e. The van der Waals surface area contributed by atoms with Gasteiger partial charge in [-0.15, -0.1) is 0 Å². The van der Waals surface area contributed by atoms with Gasteiger partial charge in [0.05, 0.1) is 11.6 Å². The van der Waals surface area contributed by atoms with Gasteiger partial charge in [-0.05, 0) is 33.6 Å². The Labute approximate surface area is 83.0 Å². The maximum Gasteiger partial charge on any atom is 0.140 e. The van der Waals surface area contributed by atoms with Crippen molar-refractivity contribution in [1.29, 1.82) is 0 Å². The molecule has 0 bridgehead atoms. The molecule has 1 aromatic rings. The lowest BCUT2D eigenvalue weighted by Gasteiger charge is -2.04. The van der Waals surface area contributed by atoms with E-state index in [2.05, 4.69) is 26.2 Å². The molecule has 0 radical (unpaired) electrons. The molecule has 0 aromatic heterocycles. The topological polar surface area (TPSA) is 21.3 Å². The molecule has 0 aliphatic carbocycles. The molecule has 0 saturated heterocycles.